The number of aromatic hydroxyl groups is 1. The summed E-state index contributed by atoms with van der Waals surface area (Å²) in [6.45, 7) is 1.88. The molecule has 1 aliphatic rings. The average molecular weight is 543 g/mol. The Balaban J connectivity index is 1.88. The highest BCUT2D eigenvalue weighted by Gasteiger charge is 2.37. The van der Waals surface area contributed by atoms with E-state index in [1.807, 2.05) is 30.3 Å². The Hall–Kier alpha value is -4.63. The van der Waals surface area contributed by atoms with Crippen LogP contribution in [0.5, 0.6) is 17.2 Å². The number of phenols is 1. The summed E-state index contributed by atoms with van der Waals surface area (Å²) in [7, 11) is 3.05. The Bertz CT molecular complexity index is 1740. The van der Waals surface area contributed by atoms with E-state index in [0.717, 1.165) is 5.56 Å². The molecule has 0 saturated carbocycles. The monoisotopic (exact) mass is 542 g/mol. The van der Waals surface area contributed by atoms with Gasteiger partial charge in [-0.3, -0.25) is 9.36 Å². The van der Waals surface area contributed by atoms with Crippen LogP contribution in [0.4, 0.5) is 0 Å². The highest BCUT2D eigenvalue weighted by molar-refractivity contribution is 7.07. The lowest BCUT2D eigenvalue weighted by Crippen LogP contribution is -2.40. The van der Waals surface area contributed by atoms with E-state index < -0.39 is 12.0 Å². The van der Waals surface area contributed by atoms with E-state index >= 15 is 0 Å². The van der Waals surface area contributed by atoms with Crippen LogP contribution < -0.4 is 24.4 Å². The van der Waals surface area contributed by atoms with Gasteiger partial charge < -0.3 is 19.3 Å². The molecule has 0 unspecified atom stereocenters. The third-order valence-electron chi connectivity index (χ3n) is 6.29. The summed E-state index contributed by atoms with van der Waals surface area (Å²) >= 11 is 1.22. The highest BCUT2D eigenvalue weighted by Crippen LogP contribution is 2.42. The maximum absolute atomic E-state index is 14.0. The van der Waals surface area contributed by atoms with Crippen molar-refractivity contribution in [3.8, 4) is 17.2 Å². The van der Waals surface area contributed by atoms with Crippen LogP contribution in [0.15, 0.2) is 88.2 Å². The van der Waals surface area contributed by atoms with Gasteiger partial charge in [-0.1, -0.05) is 65.9 Å². The standard InChI is InChI=1S/C30H26N2O6S/c1-4-38-29(35)24-25(19-9-6-5-7-10-19)31-30-32(26(24)21-11-8-12-22(36-2)27(21)37-3)28(34)23(39-30)17-18-13-15-20(33)16-14-18/h5-17,26,33H,4H2,1-3H3/b23-17-/t26-/m0/s1. The predicted molar refractivity (Wildman–Crippen MR) is 149 cm³/mol. The minimum absolute atomic E-state index is 0.130. The lowest BCUT2D eigenvalue weighted by atomic mass is 9.92. The van der Waals surface area contributed by atoms with Crippen molar-refractivity contribution in [2.75, 3.05) is 20.8 Å². The molecular formula is C30H26N2O6S. The van der Waals surface area contributed by atoms with Gasteiger partial charge in [-0.05, 0) is 36.8 Å². The van der Waals surface area contributed by atoms with Crippen molar-refractivity contribution in [1.29, 1.82) is 0 Å². The fraction of sp³-hybridized carbons (Fsp3) is 0.167. The van der Waals surface area contributed by atoms with E-state index in [1.165, 1.54) is 30.1 Å². The van der Waals surface area contributed by atoms with Gasteiger partial charge in [0.05, 0.1) is 36.6 Å². The number of hydrogen-bond acceptors (Lipinski definition) is 8. The minimum atomic E-state index is -0.900. The molecule has 2 heterocycles. The summed E-state index contributed by atoms with van der Waals surface area (Å²) in [5.74, 6) is 0.407. The quantitative estimate of drug-likeness (QED) is 0.358. The number of carbonyl (C=O) groups excluding carboxylic acids is 1. The molecule has 8 nitrogen and oxygen atoms in total. The smallest absolute Gasteiger partial charge is 0.338 e. The van der Waals surface area contributed by atoms with E-state index in [4.69, 9.17) is 19.2 Å². The van der Waals surface area contributed by atoms with Crippen LogP contribution in [0.25, 0.3) is 11.8 Å². The highest BCUT2D eigenvalue weighted by atomic mass is 32.1. The van der Waals surface area contributed by atoms with E-state index in [1.54, 1.807) is 55.5 Å². The zero-order valence-electron chi connectivity index (χ0n) is 21.6. The lowest BCUT2D eigenvalue weighted by Gasteiger charge is -2.27. The summed E-state index contributed by atoms with van der Waals surface area (Å²) in [5, 5.41) is 9.66. The Morgan fingerprint density at radius 2 is 1.77 bits per heavy atom. The fourth-order valence-corrected chi connectivity index (χ4v) is 5.58. The molecule has 1 N–H and O–H groups in total. The third-order valence-corrected chi connectivity index (χ3v) is 7.28. The SMILES string of the molecule is CCOC(=O)C1=C(c2ccccc2)N=c2s/c(=C\c3ccc(O)cc3)c(=O)n2[C@H]1c1cccc(OC)c1OC. The molecule has 5 rings (SSSR count). The van der Waals surface area contributed by atoms with E-state index in [9.17, 15) is 14.7 Å². The number of carbonyl (C=O) groups is 1. The number of aromatic nitrogens is 1. The van der Waals surface area contributed by atoms with Gasteiger partial charge in [0.1, 0.15) is 11.8 Å². The first-order valence-electron chi connectivity index (χ1n) is 12.2. The Morgan fingerprint density at radius 3 is 2.44 bits per heavy atom. The van der Waals surface area contributed by atoms with Gasteiger partial charge in [0.25, 0.3) is 5.56 Å². The zero-order valence-corrected chi connectivity index (χ0v) is 22.4. The number of phenolic OH excluding ortho intramolecular Hbond substituents is 1. The molecule has 0 aliphatic carbocycles. The summed E-state index contributed by atoms with van der Waals surface area (Å²) in [6, 6.07) is 20.3. The molecule has 0 fully saturated rings. The molecule has 198 valence electrons. The maximum atomic E-state index is 14.0. The molecule has 0 radical (unpaired) electrons. The lowest BCUT2D eigenvalue weighted by molar-refractivity contribution is -0.138. The molecular weight excluding hydrogens is 516 g/mol. The Labute approximate surface area is 228 Å². The third kappa shape index (κ3) is 4.84. The van der Waals surface area contributed by atoms with Gasteiger partial charge in [0.15, 0.2) is 16.3 Å². The van der Waals surface area contributed by atoms with Crippen LogP contribution in [0.3, 0.4) is 0 Å². The molecule has 9 heteroatoms. The first-order chi connectivity index (χ1) is 19.0. The number of rotatable bonds is 7. The molecule has 1 aliphatic heterocycles. The van der Waals surface area contributed by atoms with E-state index in [0.29, 0.717) is 37.7 Å². The van der Waals surface area contributed by atoms with Crippen molar-refractivity contribution < 1.29 is 24.1 Å². The molecule has 1 aromatic heterocycles. The van der Waals surface area contributed by atoms with E-state index in [2.05, 4.69) is 0 Å². The fourth-order valence-electron chi connectivity index (χ4n) is 4.58. The summed E-state index contributed by atoms with van der Waals surface area (Å²) in [4.78, 5) is 32.9. The second-order valence-electron chi connectivity index (χ2n) is 8.61. The van der Waals surface area contributed by atoms with Crippen LogP contribution in [0, 0.1) is 0 Å². The second-order valence-corrected chi connectivity index (χ2v) is 9.61. The van der Waals surface area contributed by atoms with Crippen molar-refractivity contribution in [1.82, 2.24) is 4.57 Å². The average Bonchev–Trinajstić information content (AvgIpc) is 3.27. The molecule has 0 saturated heterocycles. The predicted octanol–water partition coefficient (Wildman–Crippen LogP) is 3.66. The number of ether oxygens (including phenoxy) is 3. The summed E-state index contributed by atoms with van der Waals surface area (Å²) < 4.78 is 18.7. The summed E-state index contributed by atoms with van der Waals surface area (Å²) in [5.41, 5.74) is 2.32. The van der Waals surface area contributed by atoms with Crippen LogP contribution >= 0.6 is 11.3 Å². The van der Waals surface area contributed by atoms with Crippen molar-refractivity contribution in [3.63, 3.8) is 0 Å². The molecule has 4 aromatic rings. The van der Waals surface area contributed by atoms with Gasteiger partial charge in [-0.2, -0.15) is 0 Å². The van der Waals surface area contributed by atoms with Crippen LogP contribution in [-0.2, 0) is 9.53 Å². The number of methoxy groups -OCH3 is 2. The number of thiazole rings is 1. The van der Waals surface area contributed by atoms with Gasteiger partial charge in [0.2, 0.25) is 0 Å². The minimum Gasteiger partial charge on any atom is -0.508 e. The first-order valence-corrected chi connectivity index (χ1v) is 13.1. The van der Waals surface area contributed by atoms with Crippen LogP contribution in [0.1, 0.15) is 29.7 Å². The molecule has 3 aromatic carbocycles. The Kier molecular flexibility index (Phi) is 7.33. The number of hydrogen-bond donors (Lipinski definition) is 1. The van der Waals surface area contributed by atoms with Gasteiger partial charge in [-0.15, -0.1) is 0 Å². The molecule has 39 heavy (non-hydrogen) atoms. The number of esters is 1. The molecule has 0 spiro atoms. The molecule has 1 atom stereocenters. The van der Waals surface area contributed by atoms with E-state index in [-0.39, 0.29) is 23.5 Å². The van der Waals surface area contributed by atoms with Crippen molar-refractivity contribution in [3.05, 3.63) is 115 Å². The molecule has 0 amide bonds. The topological polar surface area (TPSA) is 99.4 Å². The van der Waals surface area contributed by atoms with Crippen molar-refractivity contribution in [2.45, 2.75) is 13.0 Å². The first kappa shape index (κ1) is 26.0. The number of nitrogens with zero attached hydrogens (tertiary/aromatic N) is 2. The second kappa shape index (κ2) is 11.0. The number of benzene rings is 3. The maximum Gasteiger partial charge on any atom is 0.338 e. The van der Waals surface area contributed by atoms with Gasteiger partial charge in [-0.25, -0.2) is 9.79 Å². The molecule has 0 bridgehead atoms. The zero-order chi connectivity index (χ0) is 27.5. The largest absolute Gasteiger partial charge is 0.508 e. The number of para-hydroxylation sites is 1. The summed E-state index contributed by atoms with van der Waals surface area (Å²) in [6.07, 6.45) is 1.74. The Morgan fingerprint density at radius 1 is 1.03 bits per heavy atom. The van der Waals surface area contributed by atoms with Gasteiger partial charge >= 0.3 is 5.97 Å². The van der Waals surface area contributed by atoms with Gasteiger partial charge in [0, 0.05) is 11.1 Å². The number of fused-ring (bicyclic) bond motifs is 1. The van der Waals surface area contributed by atoms with Crippen LogP contribution in [0.2, 0.25) is 0 Å². The normalized spacial score (nSPS) is 14.9. The van der Waals surface area contributed by atoms with Crippen LogP contribution in [-0.4, -0.2) is 36.5 Å². The van der Waals surface area contributed by atoms with Crippen molar-refractivity contribution >= 4 is 29.1 Å². The van der Waals surface area contributed by atoms with Crippen molar-refractivity contribution in [2.24, 2.45) is 4.99 Å².